The summed E-state index contributed by atoms with van der Waals surface area (Å²) in [5, 5.41) is 7.92. The number of benzene rings is 1. The van der Waals surface area contributed by atoms with Gasteiger partial charge >= 0.3 is 12.0 Å². The van der Waals surface area contributed by atoms with Crippen molar-refractivity contribution >= 4 is 23.6 Å². The van der Waals surface area contributed by atoms with Gasteiger partial charge in [0, 0.05) is 17.8 Å². The molecule has 1 rings (SSSR count). The second kappa shape index (κ2) is 8.90. The van der Waals surface area contributed by atoms with Crippen LogP contribution in [0.25, 0.3) is 0 Å². The van der Waals surface area contributed by atoms with Gasteiger partial charge in [0.15, 0.2) is 6.10 Å². The molecule has 7 nitrogen and oxygen atoms in total. The van der Waals surface area contributed by atoms with E-state index in [1.54, 1.807) is 24.3 Å². The van der Waals surface area contributed by atoms with Gasteiger partial charge in [0.25, 0.3) is 5.91 Å². The molecule has 1 aromatic carbocycles. The molecule has 3 N–H and O–H groups in total. The first-order chi connectivity index (χ1) is 11.2. The highest BCUT2D eigenvalue weighted by molar-refractivity contribution is 5.89. The van der Waals surface area contributed by atoms with E-state index in [0.717, 1.165) is 0 Å². The number of carbonyl (C=O) groups is 3. The van der Waals surface area contributed by atoms with Crippen LogP contribution in [0, 0.1) is 0 Å². The Balaban J connectivity index is 2.26. The molecule has 0 bridgehead atoms. The Morgan fingerprint density at radius 3 is 2.33 bits per heavy atom. The number of hydrogen-bond donors (Lipinski definition) is 3. The van der Waals surface area contributed by atoms with Crippen LogP contribution in [0.2, 0.25) is 0 Å². The van der Waals surface area contributed by atoms with Crippen LogP contribution in [0.3, 0.4) is 0 Å². The number of amides is 3. The zero-order chi connectivity index (χ0) is 18.2. The van der Waals surface area contributed by atoms with E-state index >= 15 is 0 Å². The molecule has 7 heteroatoms. The molecule has 0 aliphatic carbocycles. The fraction of sp³-hybridized carbons (Fsp3) is 0.471. The van der Waals surface area contributed by atoms with Crippen molar-refractivity contribution in [1.82, 2.24) is 10.6 Å². The third-order valence-electron chi connectivity index (χ3n) is 2.82. The minimum absolute atomic E-state index is 0.0185. The summed E-state index contributed by atoms with van der Waals surface area (Å²) in [6.45, 7) is 7.15. The molecule has 0 saturated carbocycles. The number of carbonyl (C=O) groups excluding carboxylic acids is 3. The second-order valence-corrected chi connectivity index (χ2v) is 6.37. The summed E-state index contributed by atoms with van der Waals surface area (Å²) in [4.78, 5) is 35.1. The van der Waals surface area contributed by atoms with E-state index in [1.807, 2.05) is 26.8 Å². The molecule has 0 heterocycles. The molecule has 24 heavy (non-hydrogen) atoms. The van der Waals surface area contributed by atoms with Crippen molar-refractivity contribution in [3.05, 3.63) is 30.3 Å². The molecule has 0 unspecified atom stereocenters. The van der Waals surface area contributed by atoms with E-state index in [1.165, 1.54) is 6.92 Å². The van der Waals surface area contributed by atoms with Gasteiger partial charge in [-0.25, -0.2) is 4.79 Å². The lowest BCUT2D eigenvalue weighted by Crippen LogP contribution is -2.46. The van der Waals surface area contributed by atoms with Crippen LogP contribution in [0.1, 0.15) is 34.1 Å². The third kappa shape index (κ3) is 8.17. The summed E-state index contributed by atoms with van der Waals surface area (Å²) in [5.74, 6) is -0.905. The highest BCUT2D eigenvalue weighted by Crippen LogP contribution is 2.04. The molecule has 0 spiro atoms. The maximum atomic E-state index is 11.8. The molecule has 3 amide bonds. The van der Waals surface area contributed by atoms with Crippen LogP contribution in [-0.4, -0.2) is 36.1 Å². The number of hydrogen-bond acceptors (Lipinski definition) is 4. The van der Waals surface area contributed by atoms with Crippen molar-refractivity contribution in [3.8, 4) is 0 Å². The normalized spacial score (nSPS) is 12.0. The minimum Gasteiger partial charge on any atom is -0.452 e. The van der Waals surface area contributed by atoms with Crippen LogP contribution < -0.4 is 16.0 Å². The van der Waals surface area contributed by atoms with Crippen molar-refractivity contribution < 1.29 is 19.1 Å². The fourth-order valence-corrected chi connectivity index (χ4v) is 1.76. The van der Waals surface area contributed by atoms with Crippen LogP contribution in [-0.2, 0) is 14.3 Å². The molecular formula is C17H25N3O4. The average molecular weight is 335 g/mol. The monoisotopic (exact) mass is 335 g/mol. The Labute approximate surface area is 142 Å². The van der Waals surface area contributed by atoms with Crippen molar-refractivity contribution in [2.24, 2.45) is 0 Å². The van der Waals surface area contributed by atoms with Crippen molar-refractivity contribution in [2.45, 2.75) is 45.8 Å². The SMILES string of the molecule is C[C@H](OC(=O)CCNC(=O)Nc1ccccc1)C(=O)NC(C)(C)C. The third-order valence-corrected chi connectivity index (χ3v) is 2.82. The van der Waals surface area contributed by atoms with Gasteiger partial charge in [0.05, 0.1) is 6.42 Å². The van der Waals surface area contributed by atoms with E-state index in [4.69, 9.17) is 4.74 Å². The predicted octanol–water partition coefficient (Wildman–Crippen LogP) is 2.04. The number of urea groups is 1. The van der Waals surface area contributed by atoms with Crippen LogP contribution in [0.15, 0.2) is 30.3 Å². The van der Waals surface area contributed by atoms with E-state index in [2.05, 4.69) is 16.0 Å². The number of esters is 1. The lowest BCUT2D eigenvalue weighted by Gasteiger charge is -2.23. The Kier molecular flexibility index (Phi) is 7.23. The van der Waals surface area contributed by atoms with Crippen LogP contribution in [0.5, 0.6) is 0 Å². The van der Waals surface area contributed by atoms with E-state index in [0.29, 0.717) is 5.69 Å². The van der Waals surface area contributed by atoms with Gasteiger partial charge in [-0.2, -0.15) is 0 Å². The molecule has 0 fully saturated rings. The minimum atomic E-state index is -0.880. The molecule has 132 valence electrons. The quantitative estimate of drug-likeness (QED) is 0.693. The molecule has 0 saturated heterocycles. The molecule has 0 aromatic heterocycles. The Hall–Kier alpha value is -2.57. The van der Waals surface area contributed by atoms with Crippen molar-refractivity contribution in [2.75, 3.05) is 11.9 Å². The van der Waals surface area contributed by atoms with E-state index < -0.39 is 23.6 Å². The summed E-state index contributed by atoms with van der Waals surface area (Å²) in [6, 6.07) is 8.55. The maximum Gasteiger partial charge on any atom is 0.319 e. The zero-order valence-electron chi connectivity index (χ0n) is 14.5. The van der Waals surface area contributed by atoms with Gasteiger partial charge in [-0.3, -0.25) is 9.59 Å². The number of anilines is 1. The Morgan fingerprint density at radius 1 is 1.12 bits per heavy atom. The molecule has 0 aliphatic rings. The standard InChI is InChI=1S/C17H25N3O4/c1-12(15(22)20-17(2,3)4)24-14(21)10-11-18-16(23)19-13-8-6-5-7-9-13/h5-9,12H,10-11H2,1-4H3,(H,20,22)(H2,18,19,23)/t12-/m0/s1. The summed E-state index contributed by atoms with van der Waals surface area (Å²) in [5.41, 5.74) is 0.263. The Bertz CT molecular complexity index is 567. The summed E-state index contributed by atoms with van der Waals surface area (Å²) in [7, 11) is 0. The molecule has 0 radical (unpaired) electrons. The summed E-state index contributed by atoms with van der Waals surface area (Å²) < 4.78 is 5.04. The number of nitrogens with one attached hydrogen (secondary N) is 3. The molecule has 0 aliphatic heterocycles. The smallest absolute Gasteiger partial charge is 0.319 e. The van der Waals surface area contributed by atoms with Gasteiger partial charge in [-0.15, -0.1) is 0 Å². The largest absolute Gasteiger partial charge is 0.452 e. The van der Waals surface area contributed by atoms with E-state index in [9.17, 15) is 14.4 Å². The topological polar surface area (TPSA) is 96.5 Å². The first-order valence-electron chi connectivity index (χ1n) is 7.79. The fourth-order valence-electron chi connectivity index (χ4n) is 1.76. The zero-order valence-corrected chi connectivity index (χ0v) is 14.5. The summed E-state index contributed by atoms with van der Waals surface area (Å²) in [6.07, 6.45) is -0.898. The maximum absolute atomic E-state index is 11.8. The van der Waals surface area contributed by atoms with Gasteiger partial charge < -0.3 is 20.7 Å². The number of ether oxygens (including phenoxy) is 1. The lowest BCUT2D eigenvalue weighted by molar-refractivity contribution is -0.155. The van der Waals surface area contributed by atoms with Gasteiger partial charge in [0.2, 0.25) is 0 Å². The van der Waals surface area contributed by atoms with Crippen LogP contribution in [0.4, 0.5) is 10.5 Å². The summed E-state index contributed by atoms with van der Waals surface area (Å²) >= 11 is 0. The predicted molar refractivity (Wildman–Crippen MR) is 91.5 cm³/mol. The van der Waals surface area contributed by atoms with Crippen molar-refractivity contribution in [3.63, 3.8) is 0 Å². The van der Waals surface area contributed by atoms with Gasteiger partial charge in [-0.05, 0) is 39.8 Å². The second-order valence-electron chi connectivity index (χ2n) is 6.37. The molecular weight excluding hydrogens is 310 g/mol. The highest BCUT2D eigenvalue weighted by atomic mass is 16.5. The van der Waals surface area contributed by atoms with E-state index in [-0.39, 0.29) is 18.9 Å². The molecule has 1 atom stereocenters. The van der Waals surface area contributed by atoms with Crippen molar-refractivity contribution in [1.29, 1.82) is 0 Å². The number of para-hydroxylation sites is 1. The number of rotatable bonds is 6. The van der Waals surface area contributed by atoms with Gasteiger partial charge in [-0.1, -0.05) is 18.2 Å². The lowest BCUT2D eigenvalue weighted by atomic mass is 10.1. The average Bonchev–Trinajstić information content (AvgIpc) is 2.46. The Morgan fingerprint density at radius 2 is 1.75 bits per heavy atom. The highest BCUT2D eigenvalue weighted by Gasteiger charge is 2.22. The first kappa shape index (κ1) is 19.5. The van der Waals surface area contributed by atoms with Gasteiger partial charge in [0.1, 0.15) is 0 Å². The van der Waals surface area contributed by atoms with Crippen LogP contribution >= 0.6 is 0 Å². The molecule has 1 aromatic rings. The first-order valence-corrected chi connectivity index (χ1v) is 7.79.